The maximum atomic E-state index is 11.7. The smallest absolute Gasteiger partial charge is 0.336 e. The Labute approximate surface area is 135 Å². The number of carbonyl (C=O) groups is 1. The molecule has 0 aliphatic carbocycles. The fourth-order valence-corrected chi connectivity index (χ4v) is 2.92. The lowest BCUT2D eigenvalue weighted by Gasteiger charge is -2.12. The second-order valence-corrected chi connectivity index (χ2v) is 5.85. The van der Waals surface area contributed by atoms with E-state index in [0.717, 1.165) is 39.9 Å². The van der Waals surface area contributed by atoms with Crippen molar-refractivity contribution in [3.8, 4) is 11.3 Å². The molecule has 0 aliphatic rings. The first kappa shape index (κ1) is 15.2. The molecule has 0 fully saturated rings. The number of aromatic carboxylic acids is 1. The van der Waals surface area contributed by atoms with Crippen LogP contribution in [0.3, 0.4) is 0 Å². The highest BCUT2D eigenvalue weighted by molar-refractivity contribution is 6.04. The molecule has 0 aliphatic heterocycles. The van der Waals surface area contributed by atoms with Gasteiger partial charge in [0.2, 0.25) is 0 Å². The Kier molecular flexibility index (Phi) is 3.87. The summed E-state index contributed by atoms with van der Waals surface area (Å²) in [7, 11) is 0. The summed E-state index contributed by atoms with van der Waals surface area (Å²) in [4.78, 5) is 16.5. The molecule has 1 heterocycles. The van der Waals surface area contributed by atoms with Crippen LogP contribution in [0, 0.1) is 13.8 Å². The van der Waals surface area contributed by atoms with Gasteiger partial charge in [0.1, 0.15) is 0 Å². The molecule has 116 valence electrons. The van der Waals surface area contributed by atoms with Crippen molar-refractivity contribution in [3.63, 3.8) is 0 Å². The van der Waals surface area contributed by atoms with Gasteiger partial charge in [-0.3, -0.25) is 0 Å². The van der Waals surface area contributed by atoms with E-state index in [1.807, 2.05) is 38.1 Å². The van der Waals surface area contributed by atoms with E-state index in [2.05, 4.69) is 19.1 Å². The second-order valence-electron chi connectivity index (χ2n) is 5.85. The molecule has 3 rings (SSSR count). The molecule has 0 saturated heterocycles. The molecule has 3 heteroatoms. The van der Waals surface area contributed by atoms with Crippen LogP contribution in [0.15, 0.2) is 42.5 Å². The minimum Gasteiger partial charge on any atom is -0.478 e. The van der Waals surface area contributed by atoms with Gasteiger partial charge in [-0.2, -0.15) is 0 Å². The molecule has 0 radical (unpaired) electrons. The maximum absolute atomic E-state index is 11.7. The Morgan fingerprint density at radius 1 is 1.13 bits per heavy atom. The molecular weight excluding hydrogens is 286 g/mol. The highest BCUT2D eigenvalue weighted by Crippen LogP contribution is 2.29. The van der Waals surface area contributed by atoms with Gasteiger partial charge in [0.05, 0.1) is 16.8 Å². The van der Waals surface area contributed by atoms with Crippen molar-refractivity contribution >= 4 is 16.9 Å². The number of aryl methyl sites for hydroxylation is 3. The summed E-state index contributed by atoms with van der Waals surface area (Å²) in [6.45, 7) is 6.11. The van der Waals surface area contributed by atoms with E-state index < -0.39 is 5.97 Å². The van der Waals surface area contributed by atoms with Crippen molar-refractivity contribution in [3.05, 3.63) is 64.7 Å². The highest BCUT2D eigenvalue weighted by Gasteiger charge is 2.15. The molecule has 1 N–H and O–H groups in total. The molecule has 0 atom stereocenters. The number of fused-ring (bicyclic) bond motifs is 1. The van der Waals surface area contributed by atoms with Gasteiger partial charge in [0.25, 0.3) is 0 Å². The van der Waals surface area contributed by atoms with Gasteiger partial charge >= 0.3 is 5.97 Å². The first-order valence-electron chi connectivity index (χ1n) is 7.75. The average molecular weight is 305 g/mol. The highest BCUT2D eigenvalue weighted by atomic mass is 16.4. The number of para-hydroxylation sites is 1. The molecule has 0 amide bonds. The van der Waals surface area contributed by atoms with Crippen LogP contribution in [0.5, 0.6) is 0 Å². The van der Waals surface area contributed by atoms with Crippen LogP contribution in [0.4, 0.5) is 0 Å². The van der Waals surface area contributed by atoms with Crippen LogP contribution in [0.2, 0.25) is 0 Å². The van der Waals surface area contributed by atoms with Gasteiger partial charge in [0, 0.05) is 10.9 Å². The summed E-state index contributed by atoms with van der Waals surface area (Å²) in [6, 6.07) is 13.6. The van der Waals surface area contributed by atoms with E-state index in [9.17, 15) is 9.90 Å². The summed E-state index contributed by atoms with van der Waals surface area (Å²) < 4.78 is 0. The number of benzene rings is 2. The van der Waals surface area contributed by atoms with E-state index in [1.54, 1.807) is 6.07 Å². The van der Waals surface area contributed by atoms with Gasteiger partial charge in [-0.15, -0.1) is 0 Å². The largest absolute Gasteiger partial charge is 0.478 e. The van der Waals surface area contributed by atoms with Crippen LogP contribution in [-0.2, 0) is 6.42 Å². The summed E-state index contributed by atoms with van der Waals surface area (Å²) in [5.74, 6) is -0.919. The molecular formula is C20H19NO2. The summed E-state index contributed by atoms with van der Waals surface area (Å²) in [5, 5.41) is 10.3. The number of hydrogen-bond acceptors (Lipinski definition) is 2. The number of aromatic nitrogens is 1. The summed E-state index contributed by atoms with van der Waals surface area (Å²) >= 11 is 0. The quantitative estimate of drug-likeness (QED) is 0.757. The average Bonchev–Trinajstić information content (AvgIpc) is 2.55. The van der Waals surface area contributed by atoms with Crippen LogP contribution >= 0.6 is 0 Å². The zero-order valence-electron chi connectivity index (χ0n) is 13.6. The number of pyridine rings is 1. The third kappa shape index (κ3) is 2.70. The van der Waals surface area contributed by atoms with E-state index in [4.69, 9.17) is 4.98 Å². The number of carboxylic acids is 1. The van der Waals surface area contributed by atoms with Gasteiger partial charge < -0.3 is 5.11 Å². The van der Waals surface area contributed by atoms with Crippen LogP contribution < -0.4 is 0 Å². The lowest BCUT2D eigenvalue weighted by Crippen LogP contribution is -2.02. The lowest BCUT2D eigenvalue weighted by molar-refractivity contribution is 0.0699. The van der Waals surface area contributed by atoms with Gasteiger partial charge in [0.15, 0.2) is 0 Å². The zero-order valence-corrected chi connectivity index (χ0v) is 13.6. The predicted molar refractivity (Wildman–Crippen MR) is 93.0 cm³/mol. The molecule has 23 heavy (non-hydrogen) atoms. The van der Waals surface area contributed by atoms with Crippen molar-refractivity contribution in [2.45, 2.75) is 27.2 Å². The summed E-state index contributed by atoms with van der Waals surface area (Å²) in [6.07, 6.45) is 0.819. The molecule has 0 spiro atoms. The van der Waals surface area contributed by atoms with E-state index >= 15 is 0 Å². The van der Waals surface area contributed by atoms with Crippen molar-refractivity contribution in [2.24, 2.45) is 0 Å². The minimum absolute atomic E-state index is 0.307. The Morgan fingerprint density at radius 2 is 1.91 bits per heavy atom. The maximum Gasteiger partial charge on any atom is 0.336 e. The zero-order chi connectivity index (χ0) is 16.6. The molecule has 3 nitrogen and oxygen atoms in total. The number of rotatable bonds is 3. The minimum atomic E-state index is -0.919. The van der Waals surface area contributed by atoms with Crippen molar-refractivity contribution in [1.29, 1.82) is 0 Å². The molecule has 0 bridgehead atoms. The second kappa shape index (κ2) is 5.84. The molecule has 0 saturated carbocycles. The van der Waals surface area contributed by atoms with Gasteiger partial charge in [-0.05, 0) is 43.5 Å². The molecule has 2 aromatic carbocycles. The normalized spacial score (nSPS) is 10.9. The van der Waals surface area contributed by atoms with Crippen LogP contribution in [-0.4, -0.2) is 16.1 Å². The number of carboxylic acid groups (broad SMARTS) is 1. The van der Waals surface area contributed by atoms with Gasteiger partial charge in [-0.1, -0.05) is 42.8 Å². The van der Waals surface area contributed by atoms with E-state index in [0.29, 0.717) is 10.9 Å². The standard InChI is InChI=1S/C20H19NO2/c1-4-14-6-5-7-15-17(20(22)23)11-18(21-19(14)15)16-10-12(2)8-9-13(16)3/h5-11H,4H2,1-3H3,(H,22,23). The third-order valence-corrected chi connectivity index (χ3v) is 4.20. The SMILES string of the molecule is CCc1cccc2c(C(=O)O)cc(-c3cc(C)ccc3C)nc12. The summed E-state index contributed by atoms with van der Waals surface area (Å²) in [5.41, 5.74) is 6.09. The Balaban J connectivity index is 2.38. The van der Waals surface area contributed by atoms with Crippen LogP contribution in [0.25, 0.3) is 22.2 Å². The van der Waals surface area contributed by atoms with E-state index in [-0.39, 0.29) is 0 Å². The topological polar surface area (TPSA) is 50.2 Å². The third-order valence-electron chi connectivity index (χ3n) is 4.20. The van der Waals surface area contributed by atoms with E-state index in [1.165, 1.54) is 0 Å². The molecule has 3 aromatic rings. The number of nitrogens with zero attached hydrogens (tertiary/aromatic N) is 1. The predicted octanol–water partition coefficient (Wildman–Crippen LogP) is 4.78. The van der Waals surface area contributed by atoms with Gasteiger partial charge in [-0.25, -0.2) is 9.78 Å². The molecule has 1 aromatic heterocycles. The first-order valence-corrected chi connectivity index (χ1v) is 7.75. The van der Waals surface area contributed by atoms with Crippen LogP contribution in [0.1, 0.15) is 34.0 Å². The first-order chi connectivity index (χ1) is 11.0. The van der Waals surface area contributed by atoms with Crippen molar-refractivity contribution in [2.75, 3.05) is 0 Å². The Morgan fingerprint density at radius 3 is 2.61 bits per heavy atom. The lowest BCUT2D eigenvalue weighted by atomic mass is 9.98. The Hall–Kier alpha value is -2.68. The van der Waals surface area contributed by atoms with Crippen molar-refractivity contribution < 1.29 is 9.90 Å². The van der Waals surface area contributed by atoms with Crippen molar-refractivity contribution in [1.82, 2.24) is 4.98 Å². The fourth-order valence-electron chi connectivity index (χ4n) is 2.92. The molecule has 0 unspecified atom stereocenters. The number of hydrogen-bond donors (Lipinski definition) is 1. The Bertz CT molecular complexity index is 913. The monoisotopic (exact) mass is 305 g/mol. The fraction of sp³-hybridized carbons (Fsp3) is 0.200.